The number of aromatic nitrogens is 3. The van der Waals surface area contributed by atoms with Gasteiger partial charge < -0.3 is 44.3 Å². The number of rotatable bonds is 18. The number of carbonyl (C=O) groups excluding carboxylic acids is 4. The number of nitrogens with zero attached hydrogens (tertiary/aromatic N) is 5. The highest BCUT2D eigenvalue weighted by molar-refractivity contribution is 9.10. The molecular formula is C61H69BrCl4F7N6O14PS. The lowest BCUT2D eigenvalue weighted by atomic mass is 10.0. The Morgan fingerprint density at radius 2 is 1.59 bits per heavy atom. The van der Waals surface area contributed by atoms with Crippen LogP contribution in [0.15, 0.2) is 92.9 Å². The van der Waals surface area contributed by atoms with Crippen LogP contribution in [-0.2, 0) is 64.1 Å². The van der Waals surface area contributed by atoms with Gasteiger partial charge in [0.1, 0.15) is 35.8 Å². The summed E-state index contributed by atoms with van der Waals surface area (Å²) in [7, 11) is -4.42. The van der Waals surface area contributed by atoms with Gasteiger partial charge in [0.15, 0.2) is 39.3 Å². The summed E-state index contributed by atoms with van der Waals surface area (Å²) in [5, 5.41) is 15.3. The molecule has 8 rings (SSSR count). The number of benzene rings is 4. The SMILES string of the molecule is CC(C)OC(=O)c1cc(-c2nn(C)c(C(F)(F)F)c2Br)c(F)cc1Cl.CC1COc2ccccc2N1C(=O)C(Cl)Cl.CCc1cccc(C)c1N(C(=O)CCl)C(C)COC.CP(=O)(O)CCC(N)C(=O)O.CS(=O)(=O)c1cc(C(F)(F)F)ccc1C(=O)c1cnoc1C1CC1. The van der Waals surface area contributed by atoms with E-state index in [0.29, 0.717) is 41.5 Å². The monoisotopic (exact) mass is 1520 g/mol. The van der Waals surface area contributed by atoms with E-state index >= 15 is 0 Å². The number of sulfone groups is 1. The average molecular weight is 1530 g/mol. The Balaban J connectivity index is 0.000000259. The molecule has 0 radical (unpaired) electrons. The largest absolute Gasteiger partial charge is 0.489 e. The Hall–Kier alpha value is -6.14. The number of methoxy groups -OCH3 is 1. The van der Waals surface area contributed by atoms with Gasteiger partial charge in [0.2, 0.25) is 5.91 Å². The highest BCUT2D eigenvalue weighted by atomic mass is 79.9. The third-order valence-electron chi connectivity index (χ3n) is 13.7. The van der Waals surface area contributed by atoms with Crippen LogP contribution in [0.1, 0.15) is 114 Å². The lowest BCUT2D eigenvalue weighted by Gasteiger charge is -2.35. The molecule has 4 N–H and O–H groups in total. The van der Waals surface area contributed by atoms with Crippen LogP contribution in [0.25, 0.3) is 11.3 Å². The number of hydrogen-bond donors (Lipinski definition) is 3. The van der Waals surface area contributed by atoms with E-state index in [4.69, 9.17) is 80.9 Å². The van der Waals surface area contributed by atoms with Crippen LogP contribution in [-0.4, -0.2) is 137 Å². The first-order valence-corrected chi connectivity index (χ1v) is 35.2. The zero-order valence-corrected chi connectivity index (χ0v) is 58.9. The molecule has 1 fully saturated rings. The number of ketones is 1. The molecule has 4 aromatic carbocycles. The predicted molar refractivity (Wildman–Crippen MR) is 349 cm³/mol. The minimum Gasteiger partial charge on any atom is -0.489 e. The van der Waals surface area contributed by atoms with Crippen molar-refractivity contribution in [1.29, 1.82) is 0 Å². The first-order chi connectivity index (χ1) is 44.0. The van der Waals surface area contributed by atoms with E-state index in [1.54, 1.807) is 30.8 Å². The Morgan fingerprint density at radius 3 is 2.11 bits per heavy atom. The van der Waals surface area contributed by atoms with Gasteiger partial charge in [-0.1, -0.05) is 77.2 Å². The summed E-state index contributed by atoms with van der Waals surface area (Å²) in [6, 6.07) is 16.2. The number of nitrogens with two attached hydrogens (primary N) is 1. The number of anilines is 2. The standard InChI is InChI=1S/C15H12BrClF4N2O2.C15H22ClNO2.C15H12F3NO4S.C11H11Cl2NO2.C5H12NO4P/c1-6(2)25-14(24)7-4-8(10(18)5-9(7)17)12-11(16)13(15(19,20)21)23(3)22-12;1-5-13-8-6-7-11(2)15(13)17(14(18)9-16)12(3)10-19-4;1-24(21,22)12-6-9(15(16,17)18)4-5-10(12)13(20)11-7-19-23-14(11)8-2-3-8;1-7-6-16-9-5-3-2-4-8(9)14(7)11(15)10(12)13;1-11(9,10)3-2-4(6)5(7)8/h4-6H,1-3H3;6-8,12H,5,9-10H2,1-4H3;4-8H,2-3H2,1H3;2-5,7,10H,6H2,1H3;4H,2-3,6H2,1H3,(H,7,8)(H,9,10). The van der Waals surface area contributed by atoms with Gasteiger partial charge in [-0.25, -0.2) is 17.6 Å². The van der Waals surface area contributed by atoms with Crippen LogP contribution >= 0.6 is 69.7 Å². The van der Waals surface area contributed by atoms with Gasteiger partial charge in [0.05, 0.1) is 73.4 Å². The minimum absolute atomic E-state index is 0.0223. The van der Waals surface area contributed by atoms with Crippen molar-refractivity contribution in [2.75, 3.05) is 55.1 Å². The third kappa shape index (κ3) is 22.7. The van der Waals surface area contributed by atoms with Crippen LogP contribution in [0, 0.1) is 12.7 Å². The minimum atomic E-state index is -4.71. The second kappa shape index (κ2) is 34.9. The lowest BCUT2D eigenvalue weighted by molar-refractivity contribution is -0.144. The van der Waals surface area contributed by atoms with Gasteiger partial charge in [0, 0.05) is 50.3 Å². The summed E-state index contributed by atoms with van der Waals surface area (Å²) in [6.45, 7) is 13.3. The smallest absolute Gasteiger partial charge is 0.434 e. The molecule has 1 saturated carbocycles. The first kappa shape index (κ1) is 81.3. The predicted octanol–water partition coefficient (Wildman–Crippen LogP) is 13.9. The number of para-hydroxylation sites is 3. The van der Waals surface area contributed by atoms with Crippen molar-refractivity contribution in [1.82, 2.24) is 14.9 Å². The molecule has 3 heterocycles. The molecule has 0 bridgehead atoms. The molecule has 2 aliphatic rings. The number of aryl methyl sites for hydroxylation is 3. The molecule has 34 heteroatoms. The summed E-state index contributed by atoms with van der Waals surface area (Å²) in [5.74, 6) is -2.94. The van der Waals surface area contributed by atoms with Gasteiger partial charge in [0.25, 0.3) is 5.91 Å². The van der Waals surface area contributed by atoms with Crippen LogP contribution in [0.5, 0.6) is 5.75 Å². The Bertz CT molecular complexity index is 3870. The molecule has 2 aromatic heterocycles. The highest BCUT2D eigenvalue weighted by Crippen LogP contribution is 2.44. The highest BCUT2D eigenvalue weighted by Gasteiger charge is 2.40. The second-order valence-corrected chi connectivity index (χ2v) is 29.0. The van der Waals surface area contributed by atoms with E-state index in [2.05, 4.69) is 39.2 Å². The van der Waals surface area contributed by atoms with E-state index in [0.717, 1.165) is 73.3 Å². The van der Waals surface area contributed by atoms with Crippen molar-refractivity contribution >= 4 is 120 Å². The topological polar surface area (TPSA) is 281 Å². The summed E-state index contributed by atoms with van der Waals surface area (Å²) in [5.41, 5.74) is 5.79. The number of esters is 1. The summed E-state index contributed by atoms with van der Waals surface area (Å²) >= 11 is 25.7. The molecular weight excluding hydrogens is 1460 g/mol. The van der Waals surface area contributed by atoms with E-state index in [1.165, 1.54) is 12.9 Å². The number of ether oxygens (including phenoxy) is 3. The fourth-order valence-electron chi connectivity index (χ4n) is 9.10. The molecule has 4 unspecified atom stereocenters. The van der Waals surface area contributed by atoms with Crippen molar-refractivity contribution in [3.8, 4) is 17.0 Å². The van der Waals surface area contributed by atoms with Gasteiger partial charge in [-0.3, -0.25) is 28.4 Å². The number of carboxylic acids is 1. The van der Waals surface area contributed by atoms with E-state index in [9.17, 15) is 67.7 Å². The number of amides is 2. The average Bonchev–Trinajstić information content (AvgIpc) is 1.73. The number of alkyl halides is 9. The van der Waals surface area contributed by atoms with E-state index < -0.39 is 90.7 Å². The fraction of sp³-hybridized carbons (Fsp3) is 0.426. The lowest BCUT2D eigenvalue weighted by Crippen LogP contribution is -2.47. The van der Waals surface area contributed by atoms with Crippen LogP contribution in [0.3, 0.4) is 0 Å². The number of carboxylic acid groups (broad SMARTS) is 1. The molecule has 95 heavy (non-hydrogen) atoms. The molecule has 2 amide bonds. The second-order valence-electron chi connectivity index (χ2n) is 21.9. The summed E-state index contributed by atoms with van der Waals surface area (Å²) in [6.07, 6.45) is -5.41. The normalized spacial score (nSPS) is 14.9. The van der Waals surface area contributed by atoms with Crippen LogP contribution in [0.4, 0.5) is 42.1 Å². The maximum atomic E-state index is 14.3. The Labute approximate surface area is 571 Å². The maximum absolute atomic E-state index is 14.3. The number of carbonyl (C=O) groups is 5. The van der Waals surface area contributed by atoms with Crippen molar-refractivity contribution in [2.45, 2.75) is 119 Å². The molecule has 6 aromatic rings. The van der Waals surface area contributed by atoms with Crippen LogP contribution in [0.2, 0.25) is 5.02 Å². The number of fused-ring (bicyclic) bond motifs is 1. The molecule has 0 saturated heterocycles. The number of aliphatic carboxylic acids is 1. The van der Waals surface area contributed by atoms with Gasteiger partial charge in [-0.2, -0.15) is 31.4 Å². The van der Waals surface area contributed by atoms with Crippen molar-refractivity contribution in [3.63, 3.8) is 0 Å². The molecule has 1 aliphatic heterocycles. The van der Waals surface area contributed by atoms with Gasteiger partial charge >= 0.3 is 24.3 Å². The van der Waals surface area contributed by atoms with Crippen LogP contribution < -0.4 is 20.3 Å². The van der Waals surface area contributed by atoms with Crippen molar-refractivity contribution in [2.24, 2.45) is 12.8 Å². The Morgan fingerprint density at radius 1 is 0.958 bits per heavy atom. The van der Waals surface area contributed by atoms with Gasteiger partial charge in [-0.05, 0) is 130 Å². The quantitative estimate of drug-likeness (QED) is 0.0237. The molecule has 4 atom stereocenters. The summed E-state index contributed by atoms with van der Waals surface area (Å²) < 4.78 is 147. The van der Waals surface area contributed by atoms with E-state index in [-0.39, 0.29) is 81.2 Å². The number of halogens is 12. The zero-order chi connectivity index (χ0) is 72.0. The van der Waals surface area contributed by atoms with Gasteiger partial charge in [-0.15, -0.1) is 11.6 Å². The first-order valence-electron chi connectivity index (χ1n) is 28.5. The van der Waals surface area contributed by atoms with E-state index in [1.807, 2.05) is 57.2 Å². The fourth-order valence-corrected chi connectivity index (χ4v) is 12.1. The third-order valence-corrected chi connectivity index (χ3v) is 17.6. The molecule has 522 valence electrons. The zero-order valence-electron chi connectivity index (χ0n) is 52.6. The summed E-state index contributed by atoms with van der Waals surface area (Å²) in [4.78, 5) is 69.3. The molecule has 20 nitrogen and oxygen atoms in total. The molecule has 1 aliphatic carbocycles. The van der Waals surface area contributed by atoms with Crippen molar-refractivity contribution < 1.29 is 96.4 Å². The maximum Gasteiger partial charge on any atom is 0.434 e. The molecule has 0 spiro atoms. The Kier molecular flexibility index (Phi) is 29.8. The van der Waals surface area contributed by atoms with Crippen molar-refractivity contribution in [3.05, 3.63) is 139 Å². The number of hydrogen-bond acceptors (Lipinski definition) is 15.